The van der Waals surface area contributed by atoms with E-state index in [4.69, 9.17) is 19.8 Å². The number of rotatable bonds is 2. The zero-order chi connectivity index (χ0) is 13.6. The molecule has 0 radical (unpaired) electrons. The first-order chi connectivity index (χ1) is 9.08. The number of benzene rings is 1. The van der Waals surface area contributed by atoms with Crippen molar-refractivity contribution in [3.8, 4) is 5.75 Å². The molecular formula is C12H15BBrNO4. The van der Waals surface area contributed by atoms with Crippen LogP contribution in [0.4, 0.5) is 0 Å². The fourth-order valence-electron chi connectivity index (χ4n) is 2.44. The molecule has 0 fully saturated rings. The van der Waals surface area contributed by atoms with Gasteiger partial charge >= 0.3 is 7.12 Å². The maximum Gasteiger partial charge on any atom is 0.499 e. The van der Waals surface area contributed by atoms with Crippen LogP contribution in [0.2, 0.25) is 0 Å². The van der Waals surface area contributed by atoms with Gasteiger partial charge in [-0.25, -0.2) is 0 Å². The summed E-state index contributed by atoms with van der Waals surface area (Å²) >= 11 is 3.52. The van der Waals surface area contributed by atoms with E-state index in [9.17, 15) is 5.11 Å². The van der Waals surface area contributed by atoms with Gasteiger partial charge in [0.2, 0.25) is 0 Å². The molecule has 102 valence electrons. The Balaban J connectivity index is 2.09. The zero-order valence-electron chi connectivity index (χ0n) is 10.6. The summed E-state index contributed by atoms with van der Waals surface area (Å²) in [5.41, 5.74) is 6.83. The minimum absolute atomic E-state index is 0.134. The Morgan fingerprint density at radius 2 is 2.37 bits per heavy atom. The third-order valence-electron chi connectivity index (χ3n) is 3.51. The van der Waals surface area contributed by atoms with Crippen LogP contribution in [0.1, 0.15) is 18.6 Å². The molecule has 2 atom stereocenters. The summed E-state index contributed by atoms with van der Waals surface area (Å²) in [6, 6.07) is 3.80. The van der Waals surface area contributed by atoms with Gasteiger partial charge in [-0.3, -0.25) is 0 Å². The molecule has 1 aromatic rings. The molecule has 5 nitrogen and oxygen atoms in total. The Kier molecular flexibility index (Phi) is 3.35. The van der Waals surface area contributed by atoms with Crippen LogP contribution in [0.3, 0.4) is 0 Å². The highest BCUT2D eigenvalue weighted by Gasteiger charge is 2.47. The van der Waals surface area contributed by atoms with E-state index >= 15 is 0 Å². The standard InChI is InChI=1S/C12H15BBrNO4/c1-12(5-16)6-17-8-3-2-7(14)10-9(4-15)18-13(19-12)11(8)10/h2-3,9,16H,4-6,15H2,1H3/t9-,12+/m1/s1. The molecule has 3 N–H and O–H groups in total. The summed E-state index contributed by atoms with van der Waals surface area (Å²) < 4.78 is 18.4. The lowest BCUT2D eigenvalue weighted by Gasteiger charge is -2.27. The van der Waals surface area contributed by atoms with Crippen molar-refractivity contribution >= 4 is 28.5 Å². The Morgan fingerprint density at radius 1 is 1.58 bits per heavy atom. The predicted octanol–water partition coefficient (Wildman–Crippen LogP) is 0.334. The first-order valence-electron chi connectivity index (χ1n) is 6.17. The van der Waals surface area contributed by atoms with E-state index in [2.05, 4.69) is 15.9 Å². The molecule has 0 bridgehead atoms. The van der Waals surface area contributed by atoms with Crippen LogP contribution in [0.25, 0.3) is 0 Å². The molecule has 19 heavy (non-hydrogen) atoms. The van der Waals surface area contributed by atoms with Crippen molar-refractivity contribution in [2.45, 2.75) is 18.6 Å². The van der Waals surface area contributed by atoms with Gasteiger partial charge in [-0.2, -0.15) is 0 Å². The molecule has 2 heterocycles. The zero-order valence-corrected chi connectivity index (χ0v) is 12.1. The highest BCUT2D eigenvalue weighted by molar-refractivity contribution is 9.10. The summed E-state index contributed by atoms with van der Waals surface area (Å²) in [7, 11) is -0.546. The van der Waals surface area contributed by atoms with Gasteiger partial charge in [0.15, 0.2) is 0 Å². The van der Waals surface area contributed by atoms with Crippen molar-refractivity contribution < 1.29 is 19.2 Å². The Labute approximate surface area is 120 Å². The van der Waals surface area contributed by atoms with Crippen LogP contribution >= 0.6 is 15.9 Å². The Morgan fingerprint density at radius 3 is 3.05 bits per heavy atom. The maximum absolute atomic E-state index is 9.47. The number of aliphatic hydroxyl groups is 1. The molecule has 0 saturated carbocycles. The summed E-state index contributed by atoms with van der Waals surface area (Å²) in [5.74, 6) is 0.733. The van der Waals surface area contributed by atoms with Crippen LogP contribution in [-0.4, -0.2) is 37.6 Å². The average molecular weight is 328 g/mol. The number of nitrogens with two attached hydrogens (primary N) is 1. The van der Waals surface area contributed by atoms with Gasteiger partial charge in [-0.1, -0.05) is 15.9 Å². The normalized spacial score (nSPS) is 28.8. The Bertz CT molecular complexity index is 515. The summed E-state index contributed by atoms with van der Waals surface area (Å²) in [4.78, 5) is 0. The number of aliphatic hydroxyl groups excluding tert-OH is 1. The number of hydrogen-bond donors (Lipinski definition) is 2. The highest BCUT2D eigenvalue weighted by atomic mass is 79.9. The van der Waals surface area contributed by atoms with Crippen molar-refractivity contribution in [3.63, 3.8) is 0 Å². The second kappa shape index (κ2) is 4.75. The molecule has 1 aromatic carbocycles. The third kappa shape index (κ3) is 2.09. The molecule has 0 amide bonds. The quantitative estimate of drug-likeness (QED) is 0.766. The van der Waals surface area contributed by atoms with Gasteiger partial charge in [-0.05, 0) is 24.6 Å². The number of ether oxygens (including phenoxy) is 1. The van der Waals surface area contributed by atoms with E-state index in [0.717, 1.165) is 21.2 Å². The lowest BCUT2D eigenvalue weighted by atomic mass is 9.77. The van der Waals surface area contributed by atoms with E-state index in [-0.39, 0.29) is 19.3 Å². The van der Waals surface area contributed by atoms with Gasteiger partial charge < -0.3 is 24.9 Å². The lowest BCUT2D eigenvalue weighted by molar-refractivity contribution is -0.0265. The van der Waals surface area contributed by atoms with Gasteiger partial charge in [-0.15, -0.1) is 0 Å². The third-order valence-corrected chi connectivity index (χ3v) is 4.20. The van der Waals surface area contributed by atoms with E-state index in [1.807, 2.05) is 12.1 Å². The minimum Gasteiger partial charge on any atom is -0.491 e. The molecule has 0 spiro atoms. The second-order valence-corrected chi connectivity index (χ2v) is 5.93. The summed E-state index contributed by atoms with van der Waals surface area (Å²) in [5, 5.41) is 9.47. The van der Waals surface area contributed by atoms with Crippen LogP contribution in [-0.2, 0) is 9.31 Å². The first kappa shape index (κ1) is 13.4. The fourth-order valence-corrected chi connectivity index (χ4v) is 3.04. The predicted molar refractivity (Wildman–Crippen MR) is 74.5 cm³/mol. The van der Waals surface area contributed by atoms with Gasteiger partial charge in [0, 0.05) is 16.5 Å². The van der Waals surface area contributed by atoms with E-state index in [0.29, 0.717) is 6.54 Å². The van der Waals surface area contributed by atoms with Crippen molar-refractivity contribution in [1.29, 1.82) is 0 Å². The van der Waals surface area contributed by atoms with Crippen LogP contribution < -0.4 is 15.9 Å². The largest absolute Gasteiger partial charge is 0.499 e. The molecule has 2 aliphatic heterocycles. The van der Waals surface area contributed by atoms with E-state index < -0.39 is 12.7 Å². The minimum atomic E-state index is -0.781. The van der Waals surface area contributed by atoms with Crippen LogP contribution in [0, 0.1) is 0 Å². The molecular weight excluding hydrogens is 313 g/mol. The maximum atomic E-state index is 9.47. The molecule has 2 aliphatic rings. The topological polar surface area (TPSA) is 73.9 Å². The lowest BCUT2D eigenvalue weighted by Crippen LogP contribution is -2.45. The van der Waals surface area contributed by atoms with E-state index in [1.165, 1.54) is 0 Å². The summed E-state index contributed by atoms with van der Waals surface area (Å²) in [6.07, 6.45) is -0.223. The smallest absolute Gasteiger partial charge is 0.491 e. The molecule has 0 saturated heterocycles. The van der Waals surface area contributed by atoms with Crippen molar-refractivity contribution in [2.75, 3.05) is 19.8 Å². The second-order valence-electron chi connectivity index (χ2n) is 5.08. The molecule has 0 unspecified atom stereocenters. The molecule has 0 aromatic heterocycles. The monoisotopic (exact) mass is 327 g/mol. The SMILES string of the molecule is C[C@]1(CO)COc2ccc(Br)c3c2B(O[C@@H]3CN)O1. The average Bonchev–Trinajstić information content (AvgIpc) is 2.70. The van der Waals surface area contributed by atoms with Crippen molar-refractivity contribution in [3.05, 3.63) is 22.2 Å². The summed E-state index contributed by atoms with van der Waals surface area (Å²) in [6.45, 7) is 2.31. The first-order valence-corrected chi connectivity index (χ1v) is 6.96. The molecule has 3 rings (SSSR count). The van der Waals surface area contributed by atoms with Gasteiger partial charge in [0.1, 0.15) is 18.0 Å². The molecule has 0 aliphatic carbocycles. The van der Waals surface area contributed by atoms with Crippen molar-refractivity contribution in [1.82, 2.24) is 0 Å². The van der Waals surface area contributed by atoms with Crippen LogP contribution in [0.5, 0.6) is 5.75 Å². The molecule has 7 heteroatoms. The van der Waals surface area contributed by atoms with Gasteiger partial charge in [0.25, 0.3) is 0 Å². The van der Waals surface area contributed by atoms with E-state index in [1.54, 1.807) is 6.92 Å². The van der Waals surface area contributed by atoms with Crippen molar-refractivity contribution in [2.24, 2.45) is 5.73 Å². The van der Waals surface area contributed by atoms with Crippen LogP contribution in [0.15, 0.2) is 16.6 Å². The Hall–Kier alpha value is -0.595. The fraction of sp³-hybridized carbons (Fsp3) is 0.500. The van der Waals surface area contributed by atoms with Gasteiger partial charge in [0.05, 0.1) is 12.7 Å². The number of halogens is 1. The number of hydrogen-bond acceptors (Lipinski definition) is 5. The highest BCUT2D eigenvalue weighted by Crippen LogP contribution is 2.36.